The molecule has 0 spiro atoms. The first kappa shape index (κ1) is 22.2. The Balaban J connectivity index is 1.54. The highest BCUT2D eigenvalue weighted by atomic mass is 32.2. The highest BCUT2D eigenvalue weighted by molar-refractivity contribution is 7.91. The van der Waals surface area contributed by atoms with Crippen molar-refractivity contribution in [3.63, 3.8) is 0 Å². The van der Waals surface area contributed by atoms with Crippen LogP contribution in [0.1, 0.15) is 31.9 Å². The minimum absolute atomic E-state index is 0.0563. The fourth-order valence-electron chi connectivity index (χ4n) is 4.23. The van der Waals surface area contributed by atoms with Crippen molar-refractivity contribution in [3.8, 4) is 0 Å². The highest BCUT2D eigenvalue weighted by Crippen LogP contribution is 2.23. The number of nitrogens with one attached hydrogen (secondary N) is 1. The van der Waals surface area contributed by atoms with Gasteiger partial charge in [-0.2, -0.15) is 0 Å². The molecule has 2 heterocycles. The molecule has 2 fully saturated rings. The Morgan fingerprint density at radius 3 is 2.38 bits per heavy atom. The molecule has 0 aromatic heterocycles. The molecule has 1 aromatic carbocycles. The number of benzene rings is 1. The number of ether oxygens (including phenoxy) is 1. The molecule has 3 rings (SSSR count). The van der Waals surface area contributed by atoms with Gasteiger partial charge >= 0.3 is 0 Å². The van der Waals surface area contributed by atoms with Gasteiger partial charge in [0.2, 0.25) is 5.91 Å². The van der Waals surface area contributed by atoms with Crippen LogP contribution in [-0.4, -0.2) is 87.1 Å². The average Bonchev–Trinajstić information content (AvgIpc) is 2.67. The lowest BCUT2D eigenvalue weighted by Gasteiger charge is -2.35. The summed E-state index contributed by atoms with van der Waals surface area (Å²) < 4.78 is 29.3. The smallest absolute Gasteiger partial charge is 0.241 e. The van der Waals surface area contributed by atoms with Crippen LogP contribution < -0.4 is 5.32 Å². The molecule has 2 aliphatic rings. The molecule has 1 amide bonds. The lowest BCUT2D eigenvalue weighted by atomic mass is 10.0. The zero-order valence-electron chi connectivity index (χ0n) is 17.4. The van der Waals surface area contributed by atoms with Crippen molar-refractivity contribution in [1.29, 1.82) is 0 Å². The molecule has 0 aliphatic carbocycles. The number of carbonyl (C=O) groups is 1. The summed E-state index contributed by atoms with van der Waals surface area (Å²) in [4.78, 5) is 17.4. The van der Waals surface area contributed by atoms with E-state index in [1.807, 2.05) is 35.2 Å². The van der Waals surface area contributed by atoms with E-state index >= 15 is 0 Å². The number of hydrogen-bond acceptors (Lipinski definition) is 6. The number of nitrogens with zero attached hydrogens (tertiary/aromatic N) is 2. The van der Waals surface area contributed by atoms with Crippen LogP contribution in [0.25, 0.3) is 0 Å². The number of morpholine rings is 1. The van der Waals surface area contributed by atoms with E-state index in [-0.39, 0.29) is 29.6 Å². The van der Waals surface area contributed by atoms with Crippen LogP contribution in [0.5, 0.6) is 0 Å². The summed E-state index contributed by atoms with van der Waals surface area (Å²) in [5, 5.41) is 3.07. The minimum atomic E-state index is -2.99. The van der Waals surface area contributed by atoms with Gasteiger partial charge in [-0.1, -0.05) is 30.3 Å². The summed E-state index contributed by atoms with van der Waals surface area (Å²) in [5.74, 6) is 0.160. The van der Waals surface area contributed by atoms with Gasteiger partial charge < -0.3 is 10.1 Å². The maximum Gasteiger partial charge on any atom is 0.241 e. The summed E-state index contributed by atoms with van der Waals surface area (Å²) in [6.45, 7) is 8.34. The molecule has 2 aliphatic heterocycles. The first-order chi connectivity index (χ1) is 13.8. The van der Waals surface area contributed by atoms with Crippen LogP contribution in [0.4, 0.5) is 0 Å². The molecule has 2 saturated heterocycles. The summed E-state index contributed by atoms with van der Waals surface area (Å²) in [7, 11) is -2.99. The van der Waals surface area contributed by atoms with Gasteiger partial charge in [0.05, 0.1) is 23.7 Å². The normalized spacial score (nSPS) is 26.7. The Labute approximate surface area is 174 Å². The Bertz CT molecular complexity index is 747. The maximum atomic E-state index is 13.0. The Kier molecular flexibility index (Phi) is 7.67. The molecular weight excluding hydrogens is 390 g/mol. The van der Waals surface area contributed by atoms with E-state index in [1.165, 1.54) is 0 Å². The van der Waals surface area contributed by atoms with Crippen LogP contribution in [0.15, 0.2) is 30.3 Å². The topological polar surface area (TPSA) is 79.0 Å². The predicted octanol–water partition coefficient (Wildman–Crippen LogP) is 1.07. The van der Waals surface area contributed by atoms with Crippen LogP contribution in [0.2, 0.25) is 0 Å². The first-order valence-electron chi connectivity index (χ1n) is 10.5. The summed E-state index contributed by atoms with van der Waals surface area (Å²) >= 11 is 0. The fourth-order valence-corrected chi connectivity index (χ4v) is 5.46. The van der Waals surface area contributed by atoms with E-state index < -0.39 is 15.9 Å². The van der Waals surface area contributed by atoms with Gasteiger partial charge in [-0.05, 0) is 25.8 Å². The van der Waals surface area contributed by atoms with Crippen LogP contribution >= 0.6 is 0 Å². The molecule has 3 atom stereocenters. The summed E-state index contributed by atoms with van der Waals surface area (Å²) in [5.41, 5.74) is 0.903. The number of amides is 1. The van der Waals surface area contributed by atoms with E-state index in [1.54, 1.807) is 0 Å². The molecule has 0 bridgehead atoms. The highest BCUT2D eigenvalue weighted by Gasteiger charge is 2.32. The van der Waals surface area contributed by atoms with Crippen molar-refractivity contribution < 1.29 is 17.9 Å². The number of carbonyl (C=O) groups excluding carboxylic acids is 1. The lowest BCUT2D eigenvalue weighted by Crippen LogP contribution is -2.48. The van der Waals surface area contributed by atoms with Crippen molar-refractivity contribution in [2.75, 3.05) is 50.8 Å². The first-order valence-corrected chi connectivity index (χ1v) is 12.3. The molecule has 1 N–H and O–H groups in total. The average molecular weight is 424 g/mol. The molecule has 162 valence electrons. The number of sulfone groups is 1. The summed E-state index contributed by atoms with van der Waals surface area (Å²) in [6, 6.07) is 9.17. The molecular formula is C21H33N3O4S. The van der Waals surface area contributed by atoms with E-state index in [9.17, 15) is 13.2 Å². The minimum Gasteiger partial charge on any atom is -0.373 e. The maximum absolute atomic E-state index is 13.0. The van der Waals surface area contributed by atoms with Gasteiger partial charge in [-0.25, -0.2) is 8.42 Å². The second-order valence-corrected chi connectivity index (χ2v) is 10.5. The van der Waals surface area contributed by atoms with E-state index in [0.717, 1.165) is 31.6 Å². The lowest BCUT2D eigenvalue weighted by molar-refractivity contribution is -0.126. The molecule has 3 unspecified atom stereocenters. The van der Waals surface area contributed by atoms with Gasteiger partial charge in [0.1, 0.15) is 6.04 Å². The van der Waals surface area contributed by atoms with Crippen molar-refractivity contribution in [1.82, 2.24) is 15.1 Å². The third-order valence-electron chi connectivity index (χ3n) is 5.55. The van der Waals surface area contributed by atoms with Gasteiger partial charge in [0, 0.05) is 39.3 Å². The van der Waals surface area contributed by atoms with E-state index in [2.05, 4.69) is 24.1 Å². The largest absolute Gasteiger partial charge is 0.373 e. The van der Waals surface area contributed by atoms with Gasteiger partial charge in [0.15, 0.2) is 9.84 Å². The molecule has 7 nitrogen and oxygen atoms in total. The summed E-state index contributed by atoms with van der Waals surface area (Å²) in [6.07, 6.45) is 1.36. The standard InChI is InChI=1S/C21H33N3O4S/c1-17-15-23(16-18(2)28-17)10-6-9-22-21(25)20(19-7-4-3-5-8-19)24-11-13-29(26,27)14-12-24/h3-5,7-8,17-18,20H,6,9-16H2,1-2H3,(H,22,25). The third-order valence-corrected chi connectivity index (χ3v) is 7.16. The van der Waals surface area contributed by atoms with Gasteiger partial charge in [-0.3, -0.25) is 14.6 Å². The second kappa shape index (κ2) is 10.0. The molecule has 0 radical (unpaired) electrons. The Morgan fingerprint density at radius 2 is 1.76 bits per heavy atom. The second-order valence-electron chi connectivity index (χ2n) is 8.16. The van der Waals surface area contributed by atoms with Crippen molar-refractivity contribution in [2.45, 2.75) is 38.5 Å². The number of rotatable bonds is 7. The number of hydrogen-bond donors (Lipinski definition) is 1. The SMILES string of the molecule is CC1CN(CCCNC(=O)C(c2ccccc2)N2CCS(=O)(=O)CC2)CC(C)O1. The molecule has 8 heteroatoms. The van der Waals surface area contributed by atoms with Crippen LogP contribution in [0, 0.1) is 0 Å². The predicted molar refractivity (Wildman–Crippen MR) is 113 cm³/mol. The van der Waals surface area contributed by atoms with Gasteiger partial charge in [0.25, 0.3) is 0 Å². The molecule has 1 aromatic rings. The van der Waals surface area contributed by atoms with E-state index in [0.29, 0.717) is 19.6 Å². The zero-order valence-corrected chi connectivity index (χ0v) is 18.2. The molecule has 29 heavy (non-hydrogen) atoms. The van der Waals surface area contributed by atoms with Crippen molar-refractivity contribution in [2.24, 2.45) is 0 Å². The molecule has 0 saturated carbocycles. The van der Waals surface area contributed by atoms with Crippen molar-refractivity contribution >= 4 is 15.7 Å². The van der Waals surface area contributed by atoms with Crippen LogP contribution in [-0.2, 0) is 19.4 Å². The third kappa shape index (κ3) is 6.50. The fraction of sp³-hybridized carbons (Fsp3) is 0.667. The Hall–Kier alpha value is -1.48. The van der Waals surface area contributed by atoms with Gasteiger partial charge in [-0.15, -0.1) is 0 Å². The van der Waals surface area contributed by atoms with Crippen molar-refractivity contribution in [3.05, 3.63) is 35.9 Å². The van der Waals surface area contributed by atoms with E-state index in [4.69, 9.17) is 4.74 Å². The monoisotopic (exact) mass is 423 g/mol. The Morgan fingerprint density at radius 1 is 1.14 bits per heavy atom. The zero-order chi connectivity index (χ0) is 20.9. The van der Waals surface area contributed by atoms with Crippen LogP contribution in [0.3, 0.4) is 0 Å². The quantitative estimate of drug-likeness (QED) is 0.661.